The Labute approximate surface area is 287 Å². The molecular weight excluding hydrogens is 707 g/mol. The number of alkyl halides is 1. The van der Waals surface area contributed by atoms with Crippen LogP contribution in [0.2, 0.25) is 5.02 Å². The molecule has 6 nitrogen and oxygen atoms in total. The zero-order valence-corrected chi connectivity index (χ0v) is 29.9. The number of aryl methyl sites for hydroxylation is 1. The summed E-state index contributed by atoms with van der Waals surface area (Å²) in [6, 6.07) is 19.1. The van der Waals surface area contributed by atoms with E-state index in [4.69, 9.17) is 19.5 Å². The Morgan fingerprint density at radius 3 is 2.41 bits per heavy atom. The van der Waals surface area contributed by atoms with Gasteiger partial charge in [0.05, 0.1) is 6.61 Å². The zero-order chi connectivity index (χ0) is 31.6. The monoisotopic (exact) mass is 754 g/mol. The van der Waals surface area contributed by atoms with Gasteiger partial charge in [0.25, 0.3) is 0 Å². The molecule has 0 N–H and O–H groups in total. The van der Waals surface area contributed by atoms with Gasteiger partial charge in [0.1, 0.15) is 0 Å². The standard InChI is InChI=1S/C38H48ClIN4O2/c39-32-15-11-31(12-16-32)27-37-36-29-41-20-19-35(36)38(45)40(42-37)28-33-10-7-25-44(33)24-6-3-9-30-13-17-34(18-14-30)46-26-8-23-43-21-4-1-2-5-22-43/h11-20,29,33H,1-10,21-28H2/t33-/m1/s1. The molecule has 0 saturated carbocycles. The van der Waals surface area contributed by atoms with Crippen molar-refractivity contribution in [3.63, 3.8) is 0 Å². The van der Waals surface area contributed by atoms with Crippen molar-refractivity contribution in [1.82, 2.24) is 14.8 Å². The molecule has 0 spiro atoms. The van der Waals surface area contributed by atoms with Gasteiger partial charge in [-0.05, 0) is 32.4 Å². The van der Waals surface area contributed by atoms with E-state index in [1.807, 2.05) is 24.4 Å². The molecular formula is C38H48ClIN4O2. The third-order valence-electron chi connectivity index (χ3n) is 9.52. The first-order chi connectivity index (χ1) is 22.6. The molecule has 3 aliphatic rings. The summed E-state index contributed by atoms with van der Waals surface area (Å²) in [4.78, 5) is 23.2. The molecule has 246 valence electrons. The molecule has 0 unspecified atom stereocenters. The number of fused-ring (bicyclic) bond motifs is 1. The number of aromatic nitrogens is 1. The Bertz CT molecular complexity index is 1440. The topological polar surface area (TPSA) is 58.0 Å². The number of ether oxygens (including phenoxy) is 1. The molecule has 3 aromatic rings. The van der Waals surface area contributed by atoms with Crippen LogP contribution in [-0.4, -0.2) is 74.1 Å². The van der Waals surface area contributed by atoms with Crippen LogP contribution in [-0.2, 0) is 12.8 Å². The summed E-state index contributed by atoms with van der Waals surface area (Å²) in [6.07, 6.45) is 16.7. The van der Waals surface area contributed by atoms with E-state index in [1.54, 1.807) is 6.20 Å². The van der Waals surface area contributed by atoms with Crippen molar-refractivity contribution in [2.45, 2.75) is 76.7 Å². The van der Waals surface area contributed by atoms with Gasteiger partial charge in [-0.1, -0.05) is 12.8 Å². The fourth-order valence-corrected chi connectivity index (χ4v) is 12.1. The van der Waals surface area contributed by atoms with E-state index in [1.165, 1.54) is 70.0 Å². The normalized spacial score (nSPS) is 19.9. The summed E-state index contributed by atoms with van der Waals surface area (Å²) in [7, 11) is 0. The number of carbonyl (C=O) groups is 1. The van der Waals surface area contributed by atoms with Crippen LogP contribution in [0.15, 0.2) is 70.2 Å². The number of hydrogen-bond acceptors (Lipinski definition) is 6. The van der Waals surface area contributed by atoms with Crippen molar-refractivity contribution < 1.29 is 9.53 Å². The predicted octanol–water partition coefficient (Wildman–Crippen LogP) is 8.47. The van der Waals surface area contributed by atoms with Crippen LogP contribution < -0.4 is 4.74 Å². The summed E-state index contributed by atoms with van der Waals surface area (Å²) in [5.74, 6) is 0.986. The van der Waals surface area contributed by atoms with Crippen molar-refractivity contribution in [2.75, 3.05) is 43.8 Å². The molecule has 2 saturated heterocycles. The van der Waals surface area contributed by atoms with Gasteiger partial charge in [0, 0.05) is 6.54 Å². The van der Waals surface area contributed by atoms with Crippen molar-refractivity contribution >= 4 is 41.2 Å². The van der Waals surface area contributed by atoms with Crippen LogP contribution in [0.25, 0.3) is 0 Å². The number of likely N-dealkylation sites (tertiary alicyclic amines) is 2. The minimum absolute atomic E-state index is 0.290. The first-order valence-corrected chi connectivity index (χ1v) is 21.2. The van der Waals surface area contributed by atoms with Gasteiger partial charge < -0.3 is 4.90 Å². The molecule has 1 aromatic heterocycles. The van der Waals surface area contributed by atoms with E-state index in [0.29, 0.717) is 12.5 Å². The van der Waals surface area contributed by atoms with E-state index in [0.717, 1.165) is 76.7 Å². The number of nitrogens with zero attached hydrogens (tertiary/aromatic N) is 4. The van der Waals surface area contributed by atoms with E-state index in [9.17, 15) is 4.79 Å². The summed E-state index contributed by atoms with van der Waals surface area (Å²) in [6.45, 7) is 6.69. The maximum absolute atomic E-state index is 13.6. The average Bonchev–Trinajstić information content (AvgIpc) is 3.35. The number of rotatable bonds is 14. The first kappa shape index (κ1) is 33.6. The van der Waals surface area contributed by atoms with Crippen LogP contribution in [0.5, 0.6) is 5.75 Å². The molecule has 3 aliphatic heterocycles. The summed E-state index contributed by atoms with van der Waals surface area (Å²) >= 11 is 3.87. The van der Waals surface area contributed by atoms with Crippen LogP contribution in [0, 0.1) is 0 Å². The van der Waals surface area contributed by atoms with Gasteiger partial charge in [-0.3, -0.25) is 0 Å². The molecule has 0 radical (unpaired) electrons. The number of hydrogen-bond donors (Lipinski definition) is 0. The van der Waals surface area contributed by atoms with E-state index in [-0.39, 0.29) is 3.79 Å². The molecule has 1 atom stereocenters. The SMILES string of the molecule is O=C1c2ccncc2C(Cc2ccc(Cl)cc2)=NI1C[C@H]1CCCN1CCCCc1ccc(OCCCN2CCCCCC2)cc1. The van der Waals surface area contributed by atoms with Gasteiger partial charge in [-0.2, -0.15) is 0 Å². The second-order valence-electron chi connectivity index (χ2n) is 12.9. The second-order valence-corrected chi connectivity index (χ2v) is 17.6. The van der Waals surface area contributed by atoms with E-state index >= 15 is 0 Å². The van der Waals surface area contributed by atoms with Crippen molar-refractivity contribution in [3.05, 3.63) is 94.3 Å². The van der Waals surface area contributed by atoms with Crippen LogP contribution in [0.1, 0.15) is 84.8 Å². The summed E-state index contributed by atoms with van der Waals surface area (Å²) in [5.41, 5.74) is 5.29. The van der Waals surface area contributed by atoms with Gasteiger partial charge >= 0.3 is 226 Å². The fraction of sp³-hybridized carbons (Fsp3) is 0.500. The Balaban J connectivity index is 0.951. The van der Waals surface area contributed by atoms with Crippen LogP contribution in [0.4, 0.5) is 0 Å². The van der Waals surface area contributed by atoms with Crippen molar-refractivity contribution in [2.24, 2.45) is 3.21 Å². The Kier molecular flexibility index (Phi) is 12.5. The predicted molar refractivity (Wildman–Crippen MR) is 198 cm³/mol. The number of halogens is 2. The number of unbranched alkanes of at least 4 members (excludes halogenated alkanes) is 1. The first-order valence-electron chi connectivity index (χ1n) is 17.3. The van der Waals surface area contributed by atoms with Gasteiger partial charge in [0.2, 0.25) is 0 Å². The third-order valence-corrected chi connectivity index (χ3v) is 14.5. The molecule has 0 bridgehead atoms. The van der Waals surface area contributed by atoms with E-state index < -0.39 is 20.1 Å². The van der Waals surface area contributed by atoms with E-state index in [2.05, 4.69) is 51.2 Å². The fourth-order valence-electron chi connectivity index (χ4n) is 6.91. The molecule has 6 rings (SSSR count). The molecule has 2 fully saturated rings. The zero-order valence-electron chi connectivity index (χ0n) is 27.0. The molecule has 46 heavy (non-hydrogen) atoms. The van der Waals surface area contributed by atoms with Gasteiger partial charge in [-0.25, -0.2) is 0 Å². The van der Waals surface area contributed by atoms with Gasteiger partial charge in [-0.15, -0.1) is 0 Å². The summed E-state index contributed by atoms with van der Waals surface area (Å²) < 4.78 is 12.5. The molecule has 8 heteroatoms. The third kappa shape index (κ3) is 9.39. The Morgan fingerprint density at radius 2 is 1.61 bits per heavy atom. The quantitative estimate of drug-likeness (QED) is 0.0716. The van der Waals surface area contributed by atoms with Crippen LogP contribution in [0.3, 0.4) is 0 Å². The molecule has 0 amide bonds. The van der Waals surface area contributed by atoms with Gasteiger partial charge in [0.15, 0.2) is 0 Å². The Hall–Kier alpha value is -2.33. The molecule has 4 heterocycles. The van der Waals surface area contributed by atoms with Crippen molar-refractivity contribution in [1.29, 1.82) is 0 Å². The maximum atomic E-state index is 13.6. The van der Waals surface area contributed by atoms with Crippen molar-refractivity contribution in [3.8, 4) is 5.75 Å². The average molecular weight is 755 g/mol. The molecule has 2 aromatic carbocycles. The number of pyridine rings is 1. The number of carbonyl (C=O) groups excluding carboxylic acids is 1. The van der Waals surface area contributed by atoms with Crippen LogP contribution >= 0.6 is 31.7 Å². The Morgan fingerprint density at radius 1 is 0.826 bits per heavy atom. The summed E-state index contributed by atoms with van der Waals surface area (Å²) in [5, 5.41) is 0.730. The minimum atomic E-state index is -2.25. The number of benzene rings is 2. The second kappa shape index (κ2) is 17.2. The molecule has 0 aliphatic carbocycles.